The average molecular weight is 629 g/mol. The normalized spacial score (nSPS) is 15.1. The number of fused-ring (bicyclic) bond motifs is 1. The number of aromatic nitrogens is 3. The van der Waals surface area contributed by atoms with Gasteiger partial charge >= 0.3 is 0 Å². The molecule has 1 unspecified atom stereocenters. The standard InChI is InChI=1S/C32H28N4O4S3/c1-4-16-40-24-15-8-7-14-23(24)26-25(27(37)29-18(2)33-19(3)42-29)28(38)30(39)36(26)31-34-35-32(43-31)41-17-21-12-9-11-20-10-5-6-13-22(20)21/h5-15,26,38H,4,16-17H2,1-3H3. The first kappa shape index (κ1) is 29.0. The fourth-order valence-corrected chi connectivity index (χ4v) is 7.90. The second-order valence-electron chi connectivity index (χ2n) is 9.98. The van der Waals surface area contributed by atoms with Gasteiger partial charge in [-0.1, -0.05) is 90.7 Å². The van der Waals surface area contributed by atoms with Gasteiger partial charge in [-0.2, -0.15) is 0 Å². The van der Waals surface area contributed by atoms with Gasteiger partial charge in [-0.15, -0.1) is 21.5 Å². The smallest absolute Gasteiger partial charge is 0.296 e. The van der Waals surface area contributed by atoms with Crippen LogP contribution in [0.4, 0.5) is 5.13 Å². The van der Waals surface area contributed by atoms with Crippen molar-refractivity contribution in [3.8, 4) is 5.75 Å². The Bertz CT molecular complexity index is 1870. The molecule has 5 aromatic rings. The first-order valence-electron chi connectivity index (χ1n) is 13.8. The molecule has 0 fully saturated rings. The Labute approximate surface area is 261 Å². The molecule has 218 valence electrons. The number of aliphatic hydroxyl groups excluding tert-OH is 1. The van der Waals surface area contributed by atoms with E-state index in [1.807, 2.05) is 50.2 Å². The van der Waals surface area contributed by atoms with Crippen molar-refractivity contribution < 1.29 is 19.4 Å². The van der Waals surface area contributed by atoms with Crippen molar-refractivity contribution in [2.24, 2.45) is 0 Å². The van der Waals surface area contributed by atoms with Crippen molar-refractivity contribution in [2.45, 2.75) is 43.3 Å². The molecule has 11 heteroatoms. The summed E-state index contributed by atoms with van der Waals surface area (Å²) in [5.74, 6) is -0.565. The minimum atomic E-state index is -0.960. The highest BCUT2D eigenvalue weighted by molar-refractivity contribution is 8.00. The highest BCUT2D eigenvalue weighted by atomic mass is 32.2. The number of carbonyl (C=O) groups is 2. The molecule has 0 spiro atoms. The molecule has 0 radical (unpaired) electrons. The topological polar surface area (TPSA) is 106 Å². The number of thiazole rings is 1. The third-order valence-corrected chi connectivity index (χ3v) is 10.2. The quantitative estimate of drug-likeness (QED) is 0.0956. The van der Waals surface area contributed by atoms with E-state index in [0.29, 0.717) is 38.6 Å². The number of hydrogen-bond acceptors (Lipinski definition) is 10. The van der Waals surface area contributed by atoms with Crippen LogP contribution in [-0.4, -0.2) is 38.6 Å². The summed E-state index contributed by atoms with van der Waals surface area (Å²) in [6, 6.07) is 20.7. The largest absolute Gasteiger partial charge is 0.503 e. The van der Waals surface area contributed by atoms with E-state index >= 15 is 0 Å². The van der Waals surface area contributed by atoms with Crippen molar-refractivity contribution in [1.82, 2.24) is 15.2 Å². The number of thioether (sulfide) groups is 1. The van der Waals surface area contributed by atoms with Gasteiger partial charge in [0.05, 0.1) is 27.8 Å². The number of amides is 1. The minimum Gasteiger partial charge on any atom is -0.503 e. The molecule has 0 saturated heterocycles. The number of aliphatic hydroxyl groups is 1. The molecule has 1 aliphatic heterocycles. The molecule has 1 amide bonds. The Kier molecular flexibility index (Phi) is 8.29. The molecule has 43 heavy (non-hydrogen) atoms. The molecule has 1 aliphatic rings. The summed E-state index contributed by atoms with van der Waals surface area (Å²) in [4.78, 5) is 33.9. The number of carbonyl (C=O) groups excluding carboxylic acids is 2. The molecular formula is C32H28N4O4S3. The molecule has 0 bridgehead atoms. The summed E-state index contributed by atoms with van der Waals surface area (Å²) in [7, 11) is 0. The zero-order valence-corrected chi connectivity index (χ0v) is 26.2. The molecule has 0 aliphatic carbocycles. The fourth-order valence-electron chi connectivity index (χ4n) is 5.16. The van der Waals surface area contributed by atoms with Crippen molar-refractivity contribution in [2.75, 3.05) is 11.5 Å². The van der Waals surface area contributed by atoms with E-state index in [-0.39, 0.29) is 10.7 Å². The predicted molar refractivity (Wildman–Crippen MR) is 171 cm³/mol. The molecular weight excluding hydrogens is 601 g/mol. The Morgan fingerprint density at radius 3 is 2.58 bits per heavy atom. The number of hydrogen-bond donors (Lipinski definition) is 1. The van der Waals surface area contributed by atoms with Crippen LogP contribution < -0.4 is 9.64 Å². The van der Waals surface area contributed by atoms with Crippen molar-refractivity contribution in [1.29, 1.82) is 0 Å². The SMILES string of the molecule is CCCOc1ccccc1C1C(C(=O)c2sc(C)nc2C)=C(O)C(=O)N1c1nnc(SCc2cccc3ccccc23)s1. The lowest BCUT2D eigenvalue weighted by Gasteiger charge is -2.25. The number of ketones is 1. The minimum absolute atomic E-state index is 0.0237. The average Bonchev–Trinajstić information content (AvgIpc) is 3.69. The fraction of sp³-hybridized carbons (Fsp3) is 0.219. The Balaban J connectivity index is 1.37. The zero-order chi connectivity index (χ0) is 30.1. The summed E-state index contributed by atoms with van der Waals surface area (Å²) in [5, 5.41) is 23.3. The lowest BCUT2D eigenvalue weighted by atomic mass is 9.94. The molecule has 2 aromatic heterocycles. The summed E-state index contributed by atoms with van der Waals surface area (Å²) in [5.41, 5.74) is 2.27. The van der Waals surface area contributed by atoms with Gasteiger partial charge in [-0.25, -0.2) is 4.98 Å². The maximum atomic E-state index is 14.0. The van der Waals surface area contributed by atoms with E-state index in [0.717, 1.165) is 16.8 Å². The number of nitrogens with zero attached hydrogens (tertiary/aromatic N) is 4. The Hall–Kier alpha value is -4.06. The number of aryl methyl sites for hydroxylation is 2. The molecule has 3 heterocycles. The molecule has 1 N–H and O–H groups in total. The maximum Gasteiger partial charge on any atom is 0.296 e. The third kappa shape index (κ3) is 5.55. The monoisotopic (exact) mass is 628 g/mol. The summed E-state index contributed by atoms with van der Waals surface area (Å²) >= 11 is 4.01. The summed E-state index contributed by atoms with van der Waals surface area (Å²) in [6.07, 6.45) is 0.779. The van der Waals surface area contributed by atoms with Gasteiger partial charge in [0.1, 0.15) is 11.8 Å². The van der Waals surface area contributed by atoms with Crippen LogP contribution in [0.2, 0.25) is 0 Å². The van der Waals surface area contributed by atoms with Gasteiger partial charge in [-0.3, -0.25) is 14.5 Å². The maximum absolute atomic E-state index is 14.0. The van der Waals surface area contributed by atoms with Crippen LogP contribution in [0.5, 0.6) is 5.75 Å². The van der Waals surface area contributed by atoms with E-state index in [2.05, 4.69) is 39.4 Å². The number of rotatable bonds is 10. The summed E-state index contributed by atoms with van der Waals surface area (Å²) < 4.78 is 6.71. The summed E-state index contributed by atoms with van der Waals surface area (Å²) in [6.45, 7) is 6.03. The zero-order valence-electron chi connectivity index (χ0n) is 23.7. The molecule has 6 rings (SSSR count). The van der Waals surface area contributed by atoms with E-state index < -0.39 is 23.5 Å². The number of anilines is 1. The van der Waals surface area contributed by atoms with Crippen molar-refractivity contribution >= 4 is 62.0 Å². The van der Waals surface area contributed by atoms with E-state index in [4.69, 9.17) is 4.74 Å². The number of ether oxygens (including phenoxy) is 1. The molecule has 0 saturated carbocycles. The van der Waals surface area contributed by atoms with Gasteiger partial charge in [-0.05, 0) is 42.7 Å². The Morgan fingerprint density at radius 2 is 1.79 bits per heavy atom. The van der Waals surface area contributed by atoms with Crippen LogP contribution in [0.25, 0.3) is 10.8 Å². The highest BCUT2D eigenvalue weighted by Gasteiger charge is 2.47. The molecule has 8 nitrogen and oxygen atoms in total. The Morgan fingerprint density at radius 1 is 1.02 bits per heavy atom. The van der Waals surface area contributed by atoms with E-state index in [1.54, 1.807) is 13.0 Å². The van der Waals surface area contributed by atoms with Crippen LogP contribution in [0.3, 0.4) is 0 Å². The second-order valence-corrected chi connectivity index (χ2v) is 13.4. The van der Waals surface area contributed by atoms with Gasteiger partial charge in [0.2, 0.25) is 10.9 Å². The predicted octanol–water partition coefficient (Wildman–Crippen LogP) is 7.63. The molecule has 3 aromatic carbocycles. The van der Waals surface area contributed by atoms with Gasteiger partial charge in [0.25, 0.3) is 5.91 Å². The van der Waals surface area contributed by atoms with Gasteiger partial charge in [0.15, 0.2) is 10.1 Å². The lowest BCUT2D eigenvalue weighted by Crippen LogP contribution is -2.31. The van der Waals surface area contributed by atoms with E-state index in [9.17, 15) is 14.7 Å². The first-order chi connectivity index (χ1) is 20.9. The highest BCUT2D eigenvalue weighted by Crippen LogP contribution is 2.46. The number of para-hydroxylation sites is 1. The van der Waals surface area contributed by atoms with Crippen molar-refractivity contribution in [3.63, 3.8) is 0 Å². The van der Waals surface area contributed by atoms with Gasteiger partial charge in [0, 0.05) is 11.3 Å². The van der Waals surface area contributed by atoms with Crippen molar-refractivity contribution in [3.05, 3.63) is 105 Å². The number of benzene rings is 3. The second kappa shape index (κ2) is 12.3. The van der Waals surface area contributed by atoms with Crippen LogP contribution >= 0.6 is 34.4 Å². The van der Waals surface area contributed by atoms with Crippen LogP contribution in [-0.2, 0) is 10.5 Å². The van der Waals surface area contributed by atoms with E-state index in [1.165, 1.54) is 50.3 Å². The van der Waals surface area contributed by atoms with Crippen LogP contribution in [0.1, 0.15) is 50.9 Å². The lowest BCUT2D eigenvalue weighted by molar-refractivity contribution is -0.117. The van der Waals surface area contributed by atoms with Gasteiger partial charge < -0.3 is 9.84 Å². The first-order valence-corrected chi connectivity index (χ1v) is 16.4. The third-order valence-electron chi connectivity index (χ3n) is 7.07. The van der Waals surface area contributed by atoms with Crippen LogP contribution in [0.15, 0.2) is 82.4 Å². The van der Waals surface area contributed by atoms with Crippen LogP contribution in [0, 0.1) is 13.8 Å². The molecule has 1 atom stereocenters. The number of Topliss-reactive ketones (excluding diaryl/α,β-unsaturated/α-hetero) is 1.